The number of nitrogens with one attached hydrogen (secondary N) is 1. The Morgan fingerprint density at radius 3 is 2.42 bits per heavy atom. The molecule has 0 spiro atoms. The van der Waals surface area contributed by atoms with Gasteiger partial charge < -0.3 is 10.2 Å². The van der Waals surface area contributed by atoms with E-state index in [1.807, 2.05) is 4.90 Å². The summed E-state index contributed by atoms with van der Waals surface area (Å²) in [6, 6.07) is 0.623. The Labute approximate surface area is 73.1 Å². The first-order chi connectivity index (χ1) is 5.57. The van der Waals surface area contributed by atoms with Gasteiger partial charge in [0.1, 0.15) is 0 Å². The quantitative estimate of drug-likeness (QED) is 0.627. The molecule has 1 aliphatic carbocycles. The lowest BCUT2D eigenvalue weighted by molar-refractivity contribution is 0.0616. The van der Waals surface area contributed by atoms with Gasteiger partial charge in [0.25, 0.3) is 0 Å². The minimum atomic E-state index is 0.136. The number of urea groups is 1. The number of rotatable bonds is 1. The van der Waals surface area contributed by atoms with Gasteiger partial charge in [0, 0.05) is 24.5 Å². The van der Waals surface area contributed by atoms with Crippen LogP contribution in [0.25, 0.3) is 0 Å². The molecule has 0 unspecified atom stereocenters. The van der Waals surface area contributed by atoms with Gasteiger partial charge in [-0.3, -0.25) is 0 Å². The molecule has 0 bridgehead atoms. The van der Waals surface area contributed by atoms with Gasteiger partial charge in [-0.1, -0.05) is 13.8 Å². The van der Waals surface area contributed by atoms with Crippen molar-refractivity contribution in [1.82, 2.24) is 10.2 Å². The van der Waals surface area contributed by atoms with Crippen molar-refractivity contribution in [2.75, 3.05) is 13.1 Å². The predicted molar refractivity (Wildman–Crippen MR) is 46.9 cm³/mol. The summed E-state index contributed by atoms with van der Waals surface area (Å²) in [5.41, 5.74) is 0.348. The summed E-state index contributed by atoms with van der Waals surface area (Å²) >= 11 is 0. The molecular formula is C9H16N2O. The molecule has 1 saturated heterocycles. The molecule has 0 aromatic rings. The molecule has 0 aromatic heterocycles. The summed E-state index contributed by atoms with van der Waals surface area (Å²) in [6.45, 7) is 6.19. The van der Waals surface area contributed by atoms with Gasteiger partial charge in [0.15, 0.2) is 0 Å². The molecule has 68 valence electrons. The van der Waals surface area contributed by atoms with Crippen LogP contribution < -0.4 is 5.32 Å². The molecule has 2 amide bonds. The van der Waals surface area contributed by atoms with Crippen molar-refractivity contribution in [1.29, 1.82) is 0 Å². The summed E-state index contributed by atoms with van der Waals surface area (Å²) in [5.74, 6) is 0. The van der Waals surface area contributed by atoms with Gasteiger partial charge in [0.05, 0.1) is 0 Å². The van der Waals surface area contributed by atoms with Crippen LogP contribution in [0.5, 0.6) is 0 Å². The Bertz CT molecular complexity index is 201. The number of likely N-dealkylation sites (tertiary alicyclic amines) is 1. The first-order valence-corrected chi connectivity index (χ1v) is 4.62. The third-order valence-electron chi connectivity index (χ3n) is 2.43. The number of amides is 2. The van der Waals surface area contributed by atoms with Gasteiger partial charge >= 0.3 is 6.03 Å². The van der Waals surface area contributed by atoms with E-state index in [1.165, 1.54) is 12.8 Å². The highest BCUT2D eigenvalue weighted by Crippen LogP contribution is 2.29. The standard InChI is InChI=1S/C9H16N2O/c1-9(2)5-11(6-9)8(12)10-7-3-4-7/h7H,3-6H2,1-2H3,(H,10,12). The number of carbonyl (C=O) groups is 1. The van der Waals surface area contributed by atoms with Crippen LogP contribution in [0.3, 0.4) is 0 Å². The van der Waals surface area contributed by atoms with Crippen LogP contribution in [0.15, 0.2) is 0 Å². The zero-order valence-electron chi connectivity index (χ0n) is 7.76. The van der Waals surface area contributed by atoms with E-state index in [9.17, 15) is 4.79 Å². The third-order valence-corrected chi connectivity index (χ3v) is 2.43. The summed E-state index contributed by atoms with van der Waals surface area (Å²) in [7, 11) is 0. The van der Waals surface area contributed by atoms with Crippen LogP contribution in [0.1, 0.15) is 26.7 Å². The molecule has 3 nitrogen and oxygen atoms in total. The molecule has 12 heavy (non-hydrogen) atoms. The summed E-state index contributed by atoms with van der Waals surface area (Å²) < 4.78 is 0. The van der Waals surface area contributed by atoms with Gasteiger partial charge in [-0.25, -0.2) is 4.79 Å². The lowest BCUT2D eigenvalue weighted by Crippen LogP contribution is -2.58. The van der Waals surface area contributed by atoms with Crippen LogP contribution in [0.2, 0.25) is 0 Å². The number of hydrogen-bond acceptors (Lipinski definition) is 1. The predicted octanol–water partition coefficient (Wildman–Crippen LogP) is 1.20. The Morgan fingerprint density at radius 1 is 1.42 bits per heavy atom. The Hall–Kier alpha value is -0.730. The van der Waals surface area contributed by atoms with E-state index in [1.54, 1.807) is 0 Å². The Morgan fingerprint density at radius 2 is 2.00 bits per heavy atom. The molecule has 2 aliphatic rings. The summed E-state index contributed by atoms with van der Waals surface area (Å²) in [4.78, 5) is 13.3. The fourth-order valence-corrected chi connectivity index (χ4v) is 1.62. The van der Waals surface area contributed by atoms with Crippen molar-refractivity contribution in [2.24, 2.45) is 5.41 Å². The Kier molecular flexibility index (Phi) is 1.56. The molecule has 0 radical (unpaired) electrons. The zero-order chi connectivity index (χ0) is 8.77. The summed E-state index contributed by atoms with van der Waals surface area (Å²) in [5, 5.41) is 2.98. The highest BCUT2D eigenvalue weighted by Gasteiger charge is 2.38. The lowest BCUT2D eigenvalue weighted by Gasteiger charge is -2.45. The van der Waals surface area contributed by atoms with Crippen molar-refractivity contribution in [3.05, 3.63) is 0 Å². The van der Waals surface area contributed by atoms with Gasteiger partial charge in [-0.05, 0) is 12.8 Å². The first kappa shape index (κ1) is 7.90. The van der Waals surface area contributed by atoms with E-state index >= 15 is 0 Å². The van der Waals surface area contributed by atoms with Gasteiger partial charge in [-0.15, -0.1) is 0 Å². The topological polar surface area (TPSA) is 32.3 Å². The van der Waals surface area contributed by atoms with E-state index in [0.29, 0.717) is 11.5 Å². The SMILES string of the molecule is CC1(C)CN(C(=O)NC2CC2)C1. The average molecular weight is 168 g/mol. The molecule has 3 heteroatoms. The fraction of sp³-hybridized carbons (Fsp3) is 0.889. The summed E-state index contributed by atoms with van der Waals surface area (Å²) in [6.07, 6.45) is 2.34. The van der Waals surface area contributed by atoms with Crippen LogP contribution in [0, 0.1) is 5.41 Å². The van der Waals surface area contributed by atoms with Crippen molar-refractivity contribution >= 4 is 6.03 Å². The van der Waals surface area contributed by atoms with E-state index < -0.39 is 0 Å². The van der Waals surface area contributed by atoms with Crippen molar-refractivity contribution in [2.45, 2.75) is 32.7 Å². The zero-order valence-corrected chi connectivity index (χ0v) is 7.76. The van der Waals surface area contributed by atoms with Crippen LogP contribution in [-0.2, 0) is 0 Å². The van der Waals surface area contributed by atoms with E-state index in [-0.39, 0.29) is 6.03 Å². The van der Waals surface area contributed by atoms with E-state index in [4.69, 9.17) is 0 Å². The molecule has 1 saturated carbocycles. The molecule has 1 N–H and O–H groups in total. The molecule has 1 aliphatic heterocycles. The second kappa shape index (κ2) is 2.38. The largest absolute Gasteiger partial charge is 0.335 e. The maximum Gasteiger partial charge on any atom is 0.317 e. The van der Waals surface area contributed by atoms with Crippen LogP contribution in [-0.4, -0.2) is 30.1 Å². The highest BCUT2D eigenvalue weighted by molar-refractivity contribution is 5.75. The smallest absolute Gasteiger partial charge is 0.317 e. The normalized spacial score (nSPS) is 26.3. The van der Waals surface area contributed by atoms with Crippen LogP contribution in [0.4, 0.5) is 4.79 Å². The number of carbonyl (C=O) groups excluding carboxylic acids is 1. The molecule has 2 fully saturated rings. The second-order valence-electron chi connectivity index (χ2n) is 4.74. The van der Waals surface area contributed by atoms with E-state index in [0.717, 1.165) is 13.1 Å². The lowest BCUT2D eigenvalue weighted by atomic mass is 9.85. The first-order valence-electron chi connectivity index (χ1n) is 4.62. The number of hydrogen-bond donors (Lipinski definition) is 1. The van der Waals surface area contributed by atoms with Gasteiger partial charge in [-0.2, -0.15) is 0 Å². The molecule has 2 rings (SSSR count). The maximum atomic E-state index is 11.4. The average Bonchev–Trinajstić information content (AvgIpc) is 2.66. The van der Waals surface area contributed by atoms with Crippen molar-refractivity contribution in [3.63, 3.8) is 0 Å². The minimum absolute atomic E-state index is 0.136. The highest BCUT2D eigenvalue weighted by atomic mass is 16.2. The van der Waals surface area contributed by atoms with E-state index in [2.05, 4.69) is 19.2 Å². The van der Waals surface area contributed by atoms with Gasteiger partial charge in [0.2, 0.25) is 0 Å². The Balaban J connectivity index is 1.75. The van der Waals surface area contributed by atoms with Crippen molar-refractivity contribution < 1.29 is 4.79 Å². The van der Waals surface area contributed by atoms with Crippen LogP contribution >= 0.6 is 0 Å². The molecule has 1 heterocycles. The second-order valence-corrected chi connectivity index (χ2v) is 4.74. The number of nitrogens with zero attached hydrogens (tertiary/aromatic N) is 1. The minimum Gasteiger partial charge on any atom is -0.335 e. The maximum absolute atomic E-state index is 11.4. The monoisotopic (exact) mass is 168 g/mol. The fourth-order valence-electron chi connectivity index (χ4n) is 1.62. The van der Waals surface area contributed by atoms with Crippen molar-refractivity contribution in [3.8, 4) is 0 Å². The molecule has 0 atom stereocenters. The third kappa shape index (κ3) is 1.54. The molecule has 0 aromatic carbocycles. The molecular weight excluding hydrogens is 152 g/mol.